The number of aromatic nitrogens is 1. The predicted molar refractivity (Wildman–Crippen MR) is 115 cm³/mol. The first kappa shape index (κ1) is 18.7. The molecule has 28 heavy (non-hydrogen) atoms. The second-order valence-electron chi connectivity index (χ2n) is 6.02. The highest BCUT2D eigenvalue weighted by Gasteiger charge is 2.18. The molecule has 0 radical (unpaired) electrons. The van der Waals surface area contributed by atoms with Crippen LogP contribution in [-0.2, 0) is 10.0 Å². The average molecular weight is 427 g/mol. The summed E-state index contributed by atoms with van der Waals surface area (Å²) in [4.78, 5) is 4.72. The summed E-state index contributed by atoms with van der Waals surface area (Å²) in [5, 5.41) is 3.06. The third kappa shape index (κ3) is 3.94. The van der Waals surface area contributed by atoms with Crippen LogP contribution in [0.4, 0.5) is 5.69 Å². The van der Waals surface area contributed by atoms with Crippen LogP contribution in [-0.4, -0.2) is 13.4 Å². The van der Waals surface area contributed by atoms with Gasteiger partial charge in [0.25, 0.3) is 10.0 Å². The van der Waals surface area contributed by atoms with Gasteiger partial charge in [0.2, 0.25) is 0 Å². The average Bonchev–Trinajstić information content (AvgIpc) is 3.19. The summed E-state index contributed by atoms with van der Waals surface area (Å²) in [7, 11) is -3.78. The fraction of sp³-hybridized carbons (Fsp3) is 0. The minimum absolute atomic E-state index is 0.0436. The van der Waals surface area contributed by atoms with Gasteiger partial charge in [-0.3, -0.25) is 4.72 Å². The highest BCUT2D eigenvalue weighted by Crippen LogP contribution is 2.30. The number of benzene rings is 3. The predicted octanol–water partition coefficient (Wildman–Crippen LogP) is 5.93. The number of rotatable bonds is 5. The molecular weight excluding hydrogens is 412 g/mol. The molecule has 0 fully saturated rings. The standard InChI is InChI=1S/C21H15ClN2O2S2/c22-18-11-4-5-12-20(18)28(25,26)24-17-10-6-9-16(13-17)19-14-27-21(23-19)15-7-2-1-3-8-15/h1-14,24H. The highest BCUT2D eigenvalue weighted by molar-refractivity contribution is 7.92. The van der Waals surface area contributed by atoms with Gasteiger partial charge < -0.3 is 0 Å². The second kappa shape index (κ2) is 7.75. The van der Waals surface area contributed by atoms with Crippen LogP contribution in [0.15, 0.2) is 89.1 Å². The number of halogens is 1. The summed E-state index contributed by atoms with van der Waals surface area (Å²) in [6, 6.07) is 23.4. The van der Waals surface area contributed by atoms with E-state index in [1.54, 1.807) is 47.7 Å². The van der Waals surface area contributed by atoms with Gasteiger partial charge in [-0.1, -0.05) is 66.2 Å². The molecule has 0 unspecified atom stereocenters. The smallest absolute Gasteiger partial charge is 0.263 e. The van der Waals surface area contributed by atoms with Crippen molar-refractivity contribution < 1.29 is 8.42 Å². The van der Waals surface area contributed by atoms with E-state index >= 15 is 0 Å². The topological polar surface area (TPSA) is 59.1 Å². The van der Waals surface area contributed by atoms with E-state index < -0.39 is 10.0 Å². The summed E-state index contributed by atoms with van der Waals surface area (Å²) in [6.07, 6.45) is 0. The molecule has 0 amide bonds. The van der Waals surface area contributed by atoms with E-state index in [0.29, 0.717) is 5.69 Å². The molecule has 1 N–H and O–H groups in total. The number of nitrogens with one attached hydrogen (secondary N) is 1. The molecule has 7 heteroatoms. The summed E-state index contributed by atoms with van der Waals surface area (Å²) in [5.74, 6) is 0. The van der Waals surface area contributed by atoms with Gasteiger partial charge >= 0.3 is 0 Å². The van der Waals surface area contributed by atoms with E-state index in [1.165, 1.54) is 6.07 Å². The Morgan fingerprint density at radius 3 is 2.36 bits per heavy atom. The fourth-order valence-electron chi connectivity index (χ4n) is 2.73. The molecule has 0 saturated carbocycles. The van der Waals surface area contributed by atoms with E-state index in [0.717, 1.165) is 21.8 Å². The zero-order valence-corrected chi connectivity index (χ0v) is 16.9. The number of sulfonamides is 1. The van der Waals surface area contributed by atoms with E-state index in [-0.39, 0.29) is 9.92 Å². The minimum Gasteiger partial charge on any atom is -0.280 e. The third-order valence-electron chi connectivity index (χ3n) is 4.06. The van der Waals surface area contributed by atoms with Gasteiger partial charge in [0.15, 0.2) is 0 Å². The van der Waals surface area contributed by atoms with Crippen LogP contribution in [0.3, 0.4) is 0 Å². The lowest BCUT2D eigenvalue weighted by atomic mass is 10.1. The first-order valence-electron chi connectivity index (χ1n) is 8.42. The van der Waals surface area contributed by atoms with Crippen molar-refractivity contribution in [2.45, 2.75) is 4.90 Å². The Bertz CT molecular complexity index is 1220. The van der Waals surface area contributed by atoms with Crippen LogP contribution >= 0.6 is 22.9 Å². The van der Waals surface area contributed by atoms with Crippen LogP contribution in [0.5, 0.6) is 0 Å². The number of anilines is 1. The Morgan fingerprint density at radius 2 is 1.57 bits per heavy atom. The quantitative estimate of drug-likeness (QED) is 0.430. The number of hydrogen-bond donors (Lipinski definition) is 1. The van der Waals surface area contributed by atoms with E-state index in [4.69, 9.17) is 11.6 Å². The zero-order valence-electron chi connectivity index (χ0n) is 14.5. The highest BCUT2D eigenvalue weighted by atomic mass is 35.5. The van der Waals surface area contributed by atoms with Crippen molar-refractivity contribution in [2.75, 3.05) is 4.72 Å². The van der Waals surface area contributed by atoms with Crippen LogP contribution in [0.1, 0.15) is 0 Å². The monoisotopic (exact) mass is 426 g/mol. The Hall–Kier alpha value is -2.67. The van der Waals surface area contributed by atoms with Crippen LogP contribution in [0, 0.1) is 0 Å². The summed E-state index contributed by atoms with van der Waals surface area (Å²) in [5.41, 5.74) is 3.13. The molecular formula is C21H15ClN2O2S2. The van der Waals surface area contributed by atoms with Crippen molar-refractivity contribution >= 4 is 38.6 Å². The summed E-state index contributed by atoms with van der Waals surface area (Å²) >= 11 is 7.58. The van der Waals surface area contributed by atoms with Gasteiger partial charge in [0.1, 0.15) is 9.90 Å². The Labute approximate surface area is 172 Å². The molecule has 0 spiro atoms. The molecule has 1 heterocycles. The van der Waals surface area contributed by atoms with Crippen molar-refractivity contribution in [1.82, 2.24) is 4.98 Å². The van der Waals surface area contributed by atoms with Gasteiger partial charge in [-0.15, -0.1) is 11.3 Å². The van der Waals surface area contributed by atoms with Crippen molar-refractivity contribution in [2.24, 2.45) is 0 Å². The molecule has 0 atom stereocenters. The largest absolute Gasteiger partial charge is 0.280 e. The molecule has 1 aromatic heterocycles. The van der Waals surface area contributed by atoms with Crippen molar-refractivity contribution in [3.63, 3.8) is 0 Å². The molecule has 4 nitrogen and oxygen atoms in total. The van der Waals surface area contributed by atoms with E-state index in [2.05, 4.69) is 9.71 Å². The van der Waals surface area contributed by atoms with Gasteiger partial charge in [-0.2, -0.15) is 0 Å². The second-order valence-corrected chi connectivity index (χ2v) is 8.94. The Kier molecular flexibility index (Phi) is 5.17. The van der Waals surface area contributed by atoms with E-state index in [1.807, 2.05) is 41.8 Å². The minimum atomic E-state index is -3.78. The molecule has 0 bridgehead atoms. The maximum Gasteiger partial charge on any atom is 0.263 e. The van der Waals surface area contributed by atoms with Gasteiger partial charge in [-0.05, 0) is 24.3 Å². The zero-order chi connectivity index (χ0) is 19.6. The third-order valence-corrected chi connectivity index (χ3v) is 6.83. The SMILES string of the molecule is O=S(=O)(Nc1cccc(-c2csc(-c3ccccc3)n2)c1)c1ccccc1Cl. The first-order chi connectivity index (χ1) is 13.5. The van der Waals surface area contributed by atoms with Gasteiger partial charge in [0, 0.05) is 22.2 Å². The summed E-state index contributed by atoms with van der Waals surface area (Å²) < 4.78 is 27.9. The molecule has 0 aliphatic rings. The van der Waals surface area contributed by atoms with Crippen LogP contribution in [0.25, 0.3) is 21.8 Å². The molecule has 4 aromatic rings. The molecule has 0 saturated heterocycles. The molecule has 3 aromatic carbocycles. The van der Waals surface area contributed by atoms with Crippen molar-refractivity contribution in [3.05, 3.63) is 89.3 Å². The van der Waals surface area contributed by atoms with Crippen molar-refractivity contribution in [3.8, 4) is 21.8 Å². The lowest BCUT2D eigenvalue weighted by Gasteiger charge is -2.10. The lowest BCUT2D eigenvalue weighted by molar-refractivity contribution is 0.601. The number of thiazole rings is 1. The van der Waals surface area contributed by atoms with Gasteiger partial charge in [-0.25, -0.2) is 13.4 Å². The van der Waals surface area contributed by atoms with Crippen molar-refractivity contribution in [1.29, 1.82) is 0 Å². The Balaban J connectivity index is 1.62. The lowest BCUT2D eigenvalue weighted by Crippen LogP contribution is -2.13. The number of nitrogens with zero attached hydrogens (tertiary/aromatic N) is 1. The normalized spacial score (nSPS) is 11.3. The molecule has 0 aliphatic carbocycles. The van der Waals surface area contributed by atoms with E-state index in [9.17, 15) is 8.42 Å². The first-order valence-corrected chi connectivity index (χ1v) is 11.2. The molecule has 140 valence electrons. The van der Waals surface area contributed by atoms with Gasteiger partial charge in [0.05, 0.1) is 10.7 Å². The molecule has 4 rings (SSSR count). The Morgan fingerprint density at radius 1 is 0.857 bits per heavy atom. The maximum atomic E-state index is 12.7. The molecule has 0 aliphatic heterocycles. The maximum absolute atomic E-state index is 12.7. The summed E-state index contributed by atoms with van der Waals surface area (Å²) in [6.45, 7) is 0. The fourth-order valence-corrected chi connectivity index (χ4v) is 5.14. The number of hydrogen-bond acceptors (Lipinski definition) is 4. The van der Waals surface area contributed by atoms with Crippen LogP contribution in [0.2, 0.25) is 5.02 Å². The van der Waals surface area contributed by atoms with Crippen LogP contribution < -0.4 is 4.72 Å².